The van der Waals surface area contributed by atoms with Gasteiger partial charge in [-0.25, -0.2) is 0 Å². The second kappa shape index (κ2) is 5.27. The molecule has 100 valence electrons. The van der Waals surface area contributed by atoms with Crippen LogP contribution in [0.4, 0.5) is 11.4 Å². The summed E-state index contributed by atoms with van der Waals surface area (Å²) in [6.45, 7) is 0. The first-order valence-electron chi connectivity index (χ1n) is 5.51. The topological polar surface area (TPSA) is 103 Å². The summed E-state index contributed by atoms with van der Waals surface area (Å²) >= 11 is 0. The highest BCUT2D eigenvalue weighted by Gasteiger charge is 2.14. The number of rotatable bonds is 4. The molecule has 7 nitrogen and oxygen atoms in total. The quantitative estimate of drug-likeness (QED) is 0.483. The normalized spacial score (nSPS) is 10.0. The van der Waals surface area contributed by atoms with Crippen LogP contribution in [-0.4, -0.2) is 16.1 Å². The van der Waals surface area contributed by atoms with Crippen molar-refractivity contribution >= 4 is 17.7 Å². The molecular weight excluding hydrogens is 264 g/mol. The minimum atomic E-state index is -0.636. The number of aldehydes is 1. The third-order valence-electron chi connectivity index (χ3n) is 2.76. The van der Waals surface area contributed by atoms with Crippen LogP contribution in [0, 0.1) is 20.2 Å². The van der Waals surface area contributed by atoms with Crippen molar-refractivity contribution in [1.29, 1.82) is 0 Å². The zero-order chi connectivity index (χ0) is 14.7. The Balaban J connectivity index is 2.45. The number of carbonyl (C=O) groups excluding carboxylic acids is 1. The maximum atomic E-state index is 10.9. The second-order valence-corrected chi connectivity index (χ2v) is 3.95. The monoisotopic (exact) mass is 272 g/mol. The predicted octanol–water partition coefficient (Wildman–Crippen LogP) is 2.98. The van der Waals surface area contributed by atoms with Gasteiger partial charge in [-0.1, -0.05) is 0 Å². The van der Waals surface area contributed by atoms with Crippen molar-refractivity contribution in [2.45, 2.75) is 0 Å². The van der Waals surface area contributed by atoms with Gasteiger partial charge >= 0.3 is 0 Å². The highest BCUT2D eigenvalue weighted by atomic mass is 16.6. The van der Waals surface area contributed by atoms with E-state index in [1.165, 1.54) is 42.5 Å². The van der Waals surface area contributed by atoms with Gasteiger partial charge in [0.25, 0.3) is 11.4 Å². The molecule has 0 fully saturated rings. The number of non-ortho nitro benzene ring substituents is 1. The average molecular weight is 272 g/mol. The Kier molecular flexibility index (Phi) is 3.52. The highest BCUT2D eigenvalue weighted by molar-refractivity contribution is 5.84. The molecule has 20 heavy (non-hydrogen) atoms. The van der Waals surface area contributed by atoms with Crippen LogP contribution in [0.1, 0.15) is 10.4 Å². The lowest BCUT2D eigenvalue weighted by molar-refractivity contribution is -0.385. The molecule has 7 heteroatoms. The molecule has 0 aliphatic rings. The number of nitro benzene ring substituents is 2. The van der Waals surface area contributed by atoms with E-state index in [4.69, 9.17) is 0 Å². The van der Waals surface area contributed by atoms with E-state index in [0.717, 1.165) is 0 Å². The van der Waals surface area contributed by atoms with Gasteiger partial charge in [0.15, 0.2) is 6.29 Å². The molecule has 2 aromatic rings. The Morgan fingerprint density at radius 2 is 1.45 bits per heavy atom. The molecule has 2 aromatic carbocycles. The van der Waals surface area contributed by atoms with Gasteiger partial charge in [0.1, 0.15) is 0 Å². The number of nitrogens with zero attached hydrogens (tertiary/aromatic N) is 2. The average Bonchev–Trinajstić information content (AvgIpc) is 2.46. The van der Waals surface area contributed by atoms with Crippen LogP contribution in [0.15, 0.2) is 42.5 Å². The van der Waals surface area contributed by atoms with Crippen LogP contribution in [0.3, 0.4) is 0 Å². The molecule has 0 unspecified atom stereocenters. The number of nitro groups is 2. The maximum absolute atomic E-state index is 10.9. The molecule has 0 N–H and O–H groups in total. The smallest absolute Gasteiger partial charge is 0.279 e. The van der Waals surface area contributed by atoms with Crippen molar-refractivity contribution in [3.8, 4) is 11.1 Å². The fourth-order valence-corrected chi connectivity index (χ4v) is 1.77. The summed E-state index contributed by atoms with van der Waals surface area (Å²) in [4.78, 5) is 31.0. The molecule has 0 bridgehead atoms. The molecule has 2 rings (SSSR count). The first-order chi connectivity index (χ1) is 9.52. The Morgan fingerprint density at radius 1 is 0.850 bits per heavy atom. The SMILES string of the molecule is O=Cc1cc(-c2ccc([N+](=O)[O-])cc2)ccc1[N+](=O)[O-]. The number of benzene rings is 2. The Morgan fingerprint density at radius 3 is 1.95 bits per heavy atom. The van der Waals surface area contributed by atoms with E-state index in [2.05, 4.69) is 0 Å². The Hall–Kier alpha value is -3.09. The van der Waals surface area contributed by atoms with Crippen LogP contribution in [0.2, 0.25) is 0 Å². The van der Waals surface area contributed by atoms with E-state index in [9.17, 15) is 25.0 Å². The van der Waals surface area contributed by atoms with Crippen molar-refractivity contribution in [1.82, 2.24) is 0 Å². The first-order valence-corrected chi connectivity index (χ1v) is 5.51. The first kappa shape index (κ1) is 13.3. The van der Waals surface area contributed by atoms with E-state index < -0.39 is 9.85 Å². The van der Waals surface area contributed by atoms with Crippen LogP contribution in [0.25, 0.3) is 11.1 Å². The standard InChI is InChI=1S/C13H8N2O5/c16-8-11-7-10(3-6-13(11)15(19)20)9-1-4-12(5-2-9)14(17)18/h1-8H. The summed E-state index contributed by atoms with van der Waals surface area (Å²) in [6.07, 6.45) is 0.410. The van der Waals surface area contributed by atoms with Crippen molar-refractivity contribution < 1.29 is 14.6 Å². The van der Waals surface area contributed by atoms with Crippen molar-refractivity contribution in [2.75, 3.05) is 0 Å². The summed E-state index contributed by atoms with van der Waals surface area (Å²) in [6, 6.07) is 9.81. The summed E-state index contributed by atoms with van der Waals surface area (Å²) in [5, 5.41) is 21.3. The lowest BCUT2D eigenvalue weighted by atomic mass is 10.0. The highest BCUT2D eigenvalue weighted by Crippen LogP contribution is 2.27. The van der Waals surface area contributed by atoms with Gasteiger partial charge < -0.3 is 0 Å². The number of hydrogen-bond donors (Lipinski definition) is 0. The molecule has 0 aliphatic heterocycles. The van der Waals surface area contributed by atoms with E-state index in [0.29, 0.717) is 17.4 Å². The summed E-state index contributed by atoms with van der Waals surface area (Å²) in [5.41, 5.74) is 0.851. The van der Waals surface area contributed by atoms with Gasteiger partial charge in [0.05, 0.1) is 15.4 Å². The fraction of sp³-hybridized carbons (Fsp3) is 0. The molecule has 0 aliphatic carbocycles. The third-order valence-corrected chi connectivity index (χ3v) is 2.76. The Labute approximate surface area is 112 Å². The minimum Gasteiger partial charge on any atom is -0.298 e. The van der Waals surface area contributed by atoms with Gasteiger partial charge in [-0.05, 0) is 35.4 Å². The van der Waals surface area contributed by atoms with Crippen molar-refractivity contribution in [2.24, 2.45) is 0 Å². The number of carbonyl (C=O) groups is 1. The maximum Gasteiger partial charge on any atom is 0.279 e. The zero-order valence-corrected chi connectivity index (χ0v) is 10.1. The van der Waals surface area contributed by atoms with Gasteiger partial charge in [0, 0.05) is 18.2 Å². The van der Waals surface area contributed by atoms with Gasteiger partial charge in [-0.2, -0.15) is 0 Å². The minimum absolute atomic E-state index is 0.0362. The predicted molar refractivity (Wildman–Crippen MR) is 70.6 cm³/mol. The van der Waals surface area contributed by atoms with Crippen molar-refractivity contribution in [3.63, 3.8) is 0 Å². The number of hydrogen-bond acceptors (Lipinski definition) is 5. The molecule has 0 radical (unpaired) electrons. The molecule has 0 amide bonds. The van der Waals surface area contributed by atoms with E-state index in [-0.39, 0.29) is 16.9 Å². The van der Waals surface area contributed by atoms with Crippen LogP contribution < -0.4 is 0 Å². The molecule has 0 spiro atoms. The van der Waals surface area contributed by atoms with Crippen LogP contribution in [0.5, 0.6) is 0 Å². The molecular formula is C13H8N2O5. The van der Waals surface area contributed by atoms with Crippen LogP contribution in [-0.2, 0) is 0 Å². The molecule has 0 saturated heterocycles. The zero-order valence-electron chi connectivity index (χ0n) is 10.1. The van der Waals surface area contributed by atoms with Crippen molar-refractivity contribution in [3.05, 3.63) is 68.3 Å². The Bertz CT molecular complexity index is 694. The lowest BCUT2D eigenvalue weighted by Crippen LogP contribution is -1.94. The fourth-order valence-electron chi connectivity index (χ4n) is 1.77. The lowest BCUT2D eigenvalue weighted by Gasteiger charge is -2.03. The van der Waals surface area contributed by atoms with E-state index in [1.807, 2.05) is 0 Å². The van der Waals surface area contributed by atoms with Gasteiger partial charge in [-0.15, -0.1) is 0 Å². The molecule has 0 atom stereocenters. The third kappa shape index (κ3) is 2.51. The summed E-state index contributed by atoms with van der Waals surface area (Å²) in [7, 11) is 0. The summed E-state index contributed by atoms with van der Waals surface area (Å²) in [5.74, 6) is 0. The summed E-state index contributed by atoms with van der Waals surface area (Å²) < 4.78 is 0. The second-order valence-electron chi connectivity index (χ2n) is 3.95. The largest absolute Gasteiger partial charge is 0.298 e. The van der Waals surface area contributed by atoms with E-state index in [1.54, 1.807) is 0 Å². The van der Waals surface area contributed by atoms with E-state index >= 15 is 0 Å². The molecule has 0 saturated carbocycles. The van der Waals surface area contributed by atoms with Gasteiger partial charge in [-0.3, -0.25) is 25.0 Å². The van der Waals surface area contributed by atoms with Gasteiger partial charge in [0.2, 0.25) is 0 Å². The molecule has 0 aromatic heterocycles. The molecule has 0 heterocycles. The van der Waals surface area contributed by atoms with Crippen LogP contribution >= 0.6 is 0 Å².